The molecule has 1 amide bonds. The molecule has 1 saturated heterocycles. The summed E-state index contributed by atoms with van der Waals surface area (Å²) in [5.41, 5.74) is 2.08. The molecule has 1 aliphatic rings. The smallest absolute Gasteiger partial charge is 0.244 e. The molecule has 0 bridgehead atoms. The molecule has 0 saturated carbocycles. The van der Waals surface area contributed by atoms with Crippen molar-refractivity contribution in [3.8, 4) is 0 Å². The number of carbonyl (C=O) groups is 1. The highest BCUT2D eigenvalue weighted by Crippen LogP contribution is 2.27. The molecule has 6 nitrogen and oxygen atoms in total. The lowest BCUT2D eigenvalue weighted by Crippen LogP contribution is -2.50. The Hall–Kier alpha value is -1.94. The van der Waals surface area contributed by atoms with Crippen LogP contribution in [0, 0.1) is 16.4 Å². The van der Waals surface area contributed by atoms with Crippen LogP contribution in [0.3, 0.4) is 0 Å². The van der Waals surface area contributed by atoms with E-state index >= 15 is 0 Å². The van der Waals surface area contributed by atoms with Crippen molar-refractivity contribution >= 4 is 56.8 Å². The number of rotatable bonds is 3. The van der Waals surface area contributed by atoms with Crippen molar-refractivity contribution in [1.29, 1.82) is 0 Å². The number of aromatic nitrogens is 3. The van der Waals surface area contributed by atoms with E-state index in [-0.39, 0.29) is 18.3 Å². The topological polar surface area (TPSA) is 54.3 Å². The quantitative estimate of drug-likeness (QED) is 0.503. The van der Waals surface area contributed by atoms with Crippen LogP contribution in [0.2, 0.25) is 5.02 Å². The van der Waals surface area contributed by atoms with Crippen molar-refractivity contribution in [2.24, 2.45) is 0 Å². The van der Waals surface area contributed by atoms with Crippen molar-refractivity contribution in [3.63, 3.8) is 0 Å². The molecule has 1 fully saturated rings. The molecule has 2 aromatic heterocycles. The fraction of sp³-hybridized carbons (Fsp3) is 0.316. The lowest BCUT2D eigenvalue weighted by Gasteiger charge is -2.36. The second-order valence-electron chi connectivity index (χ2n) is 6.74. The Balaban J connectivity index is 1.44. The second kappa shape index (κ2) is 7.82. The zero-order chi connectivity index (χ0) is 19.8. The van der Waals surface area contributed by atoms with E-state index in [0.717, 1.165) is 14.7 Å². The fourth-order valence-corrected chi connectivity index (χ4v) is 4.22. The summed E-state index contributed by atoms with van der Waals surface area (Å²) < 4.78 is 16.8. The van der Waals surface area contributed by atoms with E-state index in [4.69, 9.17) is 11.6 Å². The summed E-state index contributed by atoms with van der Waals surface area (Å²) in [6, 6.07) is 6.91. The third-order valence-electron chi connectivity index (χ3n) is 4.95. The molecular weight excluding hydrogens is 496 g/mol. The Morgan fingerprint density at radius 2 is 2.04 bits per heavy atom. The lowest BCUT2D eigenvalue weighted by molar-refractivity contribution is -0.132. The van der Waals surface area contributed by atoms with Crippen LogP contribution in [0.15, 0.2) is 30.5 Å². The molecule has 0 unspecified atom stereocenters. The van der Waals surface area contributed by atoms with Gasteiger partial charge in [0.15, 0.2) is 5.65 Å². The molecule has 1 aliphatic heterocycles. The van der Waals surface area contributed by atoms with Crippen molar-refractivity contribution in [2.75, 3.05) is 31.1 Å². The van der Waals surface area contributed by atoms with Gasteiger partial charge in [-0.15, -0.1) is 0 Å². The maximum atomic E-state index is 14.3. The van der Waals surface area contributed by atoms with Crippen molar-refractivity contribution in [3.05, 3.63) is 50.6 Å². The molecule has 146 valence electrons. The molecule has 0 spiro atoms. The predicted molar refractivity (Wildman–Crippen MR) is 115 cm³/mol. The van der Waals surface area contributed by atoms with Gasteiger partial charge in [0.1, 0.15) is 16.1 Å². The van der Waals surface area contributed by atoms with Gasteiger partial charge in [0.2, 0.25) is 5.91 Å². The Morgan fingerprint density at radius 3 is 2.79 bits per heavy atom. The normalized spacial score (nSPS) is 14.7. The van der Waals surface area contributed by atoms with Crippen LogP contribution in [0.1, 0.15) is 5.56 Å². The van der Waals surface area contributed by atoms with E-state index in [1.165, 1.54) is 6.07 Å². The number of benzene rings is 1. The minimum atomic E-state index is -0.334. The van der Waals surface area contributed by atoms with Gasteiger partial charge in [0.25, 0.3) is 0 Å². The summed E-state index contributed by atoms with van der Waals surface area (Å²) in [4.78, 5) is 20.8. The third kappa shape index (κ3) is 3.67. The number of piperazine rings is 1. The number of amides is 1. The van der Waals surface area contributed by atoms with Crippen LogP contribution in [-0.4, -0.2) is 51.8 Å². The van der Waals surface area contributed by atoms with Crippen LogP contribution in [0.4, 0.5) is 10.1 Å². The number of aryl methyl sites for hydroxylation is 1. The molecule has 28 heavy (non-hydrogen) atoms. The zero-order valence-electron chi connectivity index (χ0n) is 15.2. The second-order valence-corrected chi connectivity index (χ2v) is 8.17. The van der Waals surface area contributed by atoms with Gasteiger partial charge >= 0.3 is 0 Å². The molecule has 0 radical (unpaired) electrons. The number of hydrogen-bond acceptors (Lipinski definition) is 4. The summed E-state index contributed by atoms with van der Waals surface area (Å²) in [5, 5.41) is 5.80. The average Bonchev–Trinajstić information content (AvgIpc) is 3.01. The van der Waals surface area contributed by atoms with Crippen LogP contribution >= 0.6 is 34.2 Å². The Labute approximate surface area is 180 Å². The molecule has 0 N–H and O–H groups in total. The van der Waals surface area contributed by atoms with Gasteiger partial charge in [0, 0.05) is 37.4 Å². The highest BCUT2D eigenvalue weighted by atomic mass is 127. The molecule has 0 atom stereocenters. The summed E-state index contributed by atoms with van der Waals surface area (Å²) in [6.45, 7) is 4.20. The largest absolute Gasteiger partial charge is 0.366 e. The van der Waals surface area contributed by atoms with Gasteiger partial charge in [-0.05, 0) is 59.3 Å². The first-order valence-electron chi connectivity index (χ1n) is 8.89. The average molecular weight is 514 g/mol. The fourth-order valence-electron chi connectivity index (χ4n) is 3.39. The van der Waals surface area contributed by atoms with Gasteiger partial charge in [-0.3, -0.25) is 4.79 Å². The standard InChI is InChI=1S/C19H18ClFIN5O/c1-12-9-16(15(21)10-14(12)20)25-5-7-26(8-6-25)17(28)11-27-19-13(18(22)24-27)3-2-4-23-19/h2-4,9-10H,5-8,11H2,1H3. The van der Waals surface area contributed by atoms with E-state index in [9.17, 15) is 9.18 Å². The molecule has 9 heteroatoms. The van der Waals surface area contributed by atoms with E-state index in [0.29, 0.717) is 42.5 Å². The molecule has 3 heterocycles. The Morgan fingerprint density at radius 1 is 1.29 bits per heavy atom. The number of anilines is 1. The summed E-state index contributed by atoms with van der Waals surface area (Å²) in [5.74, 6) is -0.349. The van der Waals surface area contributed by atoms with E-state index in [1.54, 1.807) is 21.8 Å². The lowest BCUT2D eigenvalue weighted by atomic mass is 10.1. The SMILES string of the molecule is Cc1cc(N2CCN(C(=O)Cn3nc(I)c4cccnc43)CC2)c(F)cc1Cl. The number of nitrogens with zero attached hydrogens (tertiary/aromatic N) is 5. The number of fused-ring (bicyclic) bond motifs is 1. The van der Waals surface area contributed by atoms with Gasteiger partial charge in [-0.25, -0.2) is 14.1 Å². The monoisotopic (exact) mass is 513 g/mol. The Kier molecular flexibility index (Phi) is 5.42. The van der Waals surface area contributed by atoms with E-state index in [1.807, 2.05) is 24.0 Å². The zero-order valence-corrected chi connectivity index (χ0v) is 18.1. The molecule has 3 aromatic rings. The Bertz CT molecular complexity index is 1050. The van der Waals surface area contributed by atoms with E-state index in [2.05, 4.69) is 32.7 Å². The van der Waals surface area contributed by atoms with E-state index < -0.39 is 0 Å². The minimum absolute atomic E-state index is 0.0149. The van der Waals surface area contributed by atoms with Gasteiger partial charge in [-0.2, -0.15) is 5.10 Å². The summed E-state index contributed by atoms with van der Waals surface area (Å²) in [7, 11) is 0. The molecule has 1 aromatic carbocycles. The third-order valence-corrected chi connectivity index (χ3v) is 6.15. The van der Waals surface area contributed by atoms with Crippen molar-refractivity contribution < 1.29 is 9.18 Å². The van der Waals surface area contributed by atoms with Crippen LogP contribution in [0.25, 0.3) is 11.0 Å². The van der Waals surface area contributed by atoms with Crippen LogP contribution in [0.5, 0.6) is 0 Å². The number of hydrogen-bond donors (Lipinski definition) is 0. The van der Waals surface area contributed by atoms with Gasteiger partial charge in [0.05, 0.1) is 11.1 Å². The van der Waals surface area contributed by atoms with Gasteiger partial charge < -0.3 is 9.80 Å². The number of halogens is 3. The first-order valence-corrected chi connectivity index (χ1v) is 10.3. The predicted octanol–water partition coefficient (Wildman–Crippen LogP) is 3.49. The van der Waals surface area contributed by atoms with Gasteiger partial charge in [-0.1, -0.05) is 11.6 Å². The molecule has 4 rings (SSSR count). The highest BCUT2D eigenvalue weighted by molar-refractivity contribution is 14.1. The maximum Gasteiger partial charge on any atom is 0.244 e. The summed E-state index contributed by atoms with van der Waals surface area (Å²) >= 11 is 8.13. The van der Waals surface area contributed by atoms with Crippen LogP contribution in [-0.2, 0) is 11.3 Å². The first-order chi connectivity index (χ1) is 13.4. The highest BCUT2D eigenvalue weighted by Gasteiger charge is 2.24. The first kappa shape index (κ1) is 19.4. The number of pyridine rings is 1. The molecule has 0 aliphatic carbocycles. The minimum Gasteiger partial charge on any atom is -0.366 e. The summed E-state index contributed by atoms with van der Waals surface area (Å²) in [6.07, 6.45) is 1.70. The van der Waals surface area contributed by atoms with Crippen molar-refractivity contribution in [1.82, 2.24) is 19.7 Å². The van der Waals surface area contributed by atoms with Crippen LogP contribution < -0.4 is 4.90 Å². The van der Waals surface area contributed by atoms with Crippen molar-refractivity contribution in [2.45, 2.75) is 13.5 Å². The number of carbonyl (C=O) groups excluding carboxylic acids is 1. The maximum absolute atomic E-state index is 14.3. The molecular formula is C19H18ClFIN5O.